The molecule has 1 aliphatic carbocycles. The van der Waals surface area contributed by atoms with Gasteiger partial charge in [-0.05, 0) is 92.9 Å². The summed E-state index contributed by atoms with van der Waals surface area (Å²) in [6.07, 6.45) is 14.7. The number of hydrogen-bond donors (Lipinski definition) is 0. The van der Waals surface area contributed by atoms with Crippen LogP contribution in [0.15, 0.2) is 36.5 Å². The zero-order valence-electron chi connectivity index (χ0n) is 34.0. The Kier molecular flexibility index (Phi) is 16.7. The van der Waals surface area contributed by atoms with Crippen molar-refractivity contribution in [3.8, 4) is 0 Å². The molecule has 0 aromatic carbocycles. The Labute approximate surface area is 299 Å². The number of hydrogen-bond acceptors (Lipinski definition) is 6. The van der Waals surface area contributed by atoms with E-state index in [0.29, 0.717) is 19.3 Å². The zero-order valence-corrected chi connectivity index (χ0v) is 37.0. The van der Waals surface area contributed by atoms with E-state index in [9.17, 15) is 9.59 Å². The molecular weight excluding hydrogens is 649 g/mol. The average Bonchev–Trinajstić information content (AvgIpc) is 2.89. The number of allylic oxidation sites excluding steroid dienone is 4. The molecule has 0 fully saturated rings. The van der Waals surface area contributed by atoms with Crippen molar-refractivity contribution in [2.24, 2.45) is 11.8 Å². The fourth-order valence-electron chi connectivity index (χ4n) is 4.84. The van der Waals surface area contributed by atoms with E-state index in [2.05, 4.69) is 139 Å². The third kappa shape index (κ3) is 13.9. The standard InChI is InChI=1S/C39H74O6Si3/c1-18-42-36(41)33-26-23-22-24-30(2)35(45-48(16,17)39(9,10)11)27-21-19-20-25-31(43-46(12,13)37(3,4)5)28-32(29-34(33)40)44-47(14,15)38(6,7)8/h19-23,27,30-33,35H,18,24-26,28-29H2,1-17H3/b20-19+,23-22+,27-21-/t30-,31+,32-,33?,35+/m0/s1. The molecule has 48 heavy (non-hydrogen) atoms. The maximum atomic E-state index is 14.1. The molecule has 0 N–H and O–H groups in total. The highest BCUT2D eigenvalue weighted by Gasteiger charge is 2.43. The molecule has 0 bridgehead atoms. The predicted octanol–water partition coefficient (Wildman–Crippen LogP) is 11.2. The van der Waals surface area contributed by atoms with E-state index in [-0.39, 0.29) is 58.2 Å². The second kappa shape index (κ2) is 17.9. The van der Waals surface area contributed by atoms with Crippen LogP contribution in [0.25, 0.3) is 0 Å². The van der Waals surface area contributed by atoms with Gasteiger partial charge in [0.15, 0.2) is 25.0 Å². The smallest absolute Gasteiger partial charge is 0.316 e. The van der Waals surface area contributed by atoms with Crippen LogP contribution in [0.1, 0.15) is 108 Å². The van der Waals surface area contributed by atoms with E-state index in [1.165, 1.54) is 0 Å². The summed E-state index contributed by atoms with van der Waals surface area (Å²) in [5.41, 5.74) is 0. The highest BCUT2D eigenvalue weighted by Crippen LogP contribution is 2.41. The minimum Gasteiger partial charge on any atom is -0.465 e. The average molecular weight is 723 g/mol. The van der Waals surface area contributed by atoms with Crippen molar-refractivity contribution < 1.29 is 27.6 Å². The first-order valence-electron chi connectivity index (χ1n) is 18.4. The Balaban J connectivity index is 3.72. The lowest BCUT2D eigenvalue weighted by Crippen LogP contribution is -2.48. The van der Waals surface area contributed by atoms with Crippen LogP contribution < -0.4 is 0 Å². The van der Waals surface area contributed by atoms with Gasteiger partial charge in [0.2, 0.25) is 0 Å². The van der Waals surface area contributed by atoms with Gasteiger partial charge in [0.25, 0.3) is 0 Å². The third-order valence-electron chi connectivity index (χ3n) is 11.2. The second-order valence-corrected chi connectivity index (χ2v) is 32.8. The topological polar surface area (TPSA) is 71.1 Å². The van der Waals surface area contributed by atoms with E-state index in [0.717, 1.165) is 6.42 Å². The van der Waals surface area contributed by atoms with Gasteiger partial charge in [0.05, 0.1) is 24.9 Å². The summed E-state index contributed by atoms with van der Waals surface area (Å²) < 4.78 is 26.4. The van der Waals surface area contributed by atoms with Gasteiger partial charge in [0, 0.05) is 6.42 Å². The van der Waals surface area contributed by atoms with Crippen molar-refractivity contribution in [1.82, 2.24) is 0 Å². The maximum Gasteiger partial charge on any atom is 0.316 e. The molecule has 1 unspecified atom stereocenters. The van der Waals surface area contributed by atoms with Crippen LogP contribution in [0.3, 0.4) is 0 Å². The molecule has 0 aromatic rings. The lowest BCUT2D eigenvalue weighted by molar-refractivity contribution is -0.151. The molecule has 6 nitrogen and oxygen atoms in total. The van der Waals surface area contributed by atoms with Crippen molar-refractivity contribution in [2.75, 3.05) is 6.61 Å². The molecule has 1 rings (SSSR count). The Bertz CT molecular complexity index is 1120. The van der Waals surface area contributed by atoms with E-state index in [4.69, 9.17) is 18.0 Å². The van der Waals surface area contributed by atoms with Gasteiger partial charge in [-0.1, -0.05) is 106 Å². The lowest BCUT2D eigenvalue weighted by atomic mass is 9.93. The number of carbonyl (C=O) groups is 2. The van der Waals surface area contributed by atoms with Crippen LogP contribution in [0.5, 0.6) is 0 Å². The fourth-order valence-corrected chi connectivity index (χ4v) is 8.93. The number of carbonyl (C=O) groups excluding carboxylic acids is 2. The summed E-state index contributed by atoms with van der Waals surface area (Å²) in [4.78, 5) is 27.3. The Morgan fingerprint density at radius 2 is 1.19 bits per heavy atom. The zero-order chi connectivity index (χ0) is 37.4. The molecular formula is C39H74O6Si3. The molecule has 1 aliphatic rings. The summed E-state index contributed by atoms with van der Waals surface area (Å²) in [5, 5.41) is 0.0822. The van der Waals surface area contributed by atoms with Gasteiger partial charge in [-0.15, -0.1) is 0 Å². The quantitative estimate of drug-likeness (QED) is 0.107. The van der Waals surface area contributed by atoms with Crippen molar-refractivity contribution in [2.45, 2.75) is 181 Å². The van der Waals surface area contributed by atoms with Crippen LogP contribution in [0.4, 0.5) is 0 Å². The largest absolute Gasteiger partial charge is 0.465 e. The number of ether oxygens (including phenoxy) is 1. The summed E-state index contributed by atoms with van der Waals surface area (Å²) in [5.74, 6) is -1.23. The van der Waals surface area contributed by atoms with Crippen LogP contribution in [0, 0.1) is 11.8 Å². The highest BCUT2D eigenvalue weighted by atomic mass is 28.4. The molecule has 278 valence electrons. The molecule has 0 amide bonds. The van der Waals surface area contributed by atoms with E-state index < -0.39 is 36.8 Å². The van der Waals surface area contributed by atoms with Gasteiger partial charge in [-0.25, -0.2) is 0 Å². The number of rotatable bonds is 8. The Morgan fingerprint density at radius 3 is 1.69 bits per heavy atom. The summed E-state index contributed by atoms with van der Waals surface area (Å²) in [6, 6.07) is 0. The van der Waals surface area contributed by atoms with Crippen LogP contribution in [0.2, 0.25) is 54.4 Å². The summed E-state index contributed by atoms with van der Waals surface area (Å²) >= 11 is 0. The third-order valence-corrected chi connectivity index (χ3v) is 24.8. The molecule has 0 saturated carbocycles. The van der Waals surface area contributed by atoms with Gasteiger partial charge < -0.3 is 18.0 Å². The summed E-state index contributed by atoms with van der Waals surface area (Å²) in [6.45, 7) is 38.0. The lowest BCUT2D eigenvalue weighted by Gasteiger charge is -2.42. The van der Waals surface area contributed by atoms with E-state index >= 15 is 0 Å². The molecule has 0 aliphatic heterocycles. The molecule has 9 heteroatoms. The predicted molar refractivity (Wildman–Crippen MR) is 211 cm³/mol. The fraction of sp³-hybridized carbons (Fsp3) is 0.795. The maximum absolute atomic E-state index is 14.1. The van der Waals surface area contributed by atoms with Crippen molar-refractivity contribution in [1.29, 1.82) is 0 Å². The molecule has 0 heterocycles. The normalized spacial score (nSPS) is 27.2. The minimum absolute atomic E-state index is 0.0293. The van der Waals surface area contributed by atoms with Crippen molar-refractivity contribution in [3.63, 3.8) is 0 Å². The first kappa shape index (κ1) is 44.9. The highest BCUT2D eigenvalue weighted by molar-refractivity contribution is 6.75. The number of Topliss-reactive ketones (excluding diaryl/α,β-unsaturated/α-hetero) is 1. The van der Waals surface area contributed by atoms with Crippen LogP contribution in [-0.2, 0) is 27.6 Å². The van der Waals surface area contributed by atoms with Crippen molar-refractivity contribution in [3.05, 3.63) is 36.5 Å². The Morgan fingerprint density at radius 1 is 0.708 bits per heavy atom. The minimum atomic E-state index is -2.26. The second-order valence-electron chi connectivity index (χ2n) is 18.5. The monoisotopic (exact) mass is 722 g/mol. The summed E-state index contributed by atoms with van der Waals surface area (Å²) in [7, 11) is -6.44. The van der Waals surface area contributed by atoms with Gasteiger partial charge in [-0.2, -0.15) is 0 Å². The number of esters is 1. The molecule has 0 spiro atoms. The Hall–Kier alpha value is -1.11. The first-order valence-corrected chi connectivity index (χ1v) is 27.1. The van der Waals surface area contributed by atoms with Gasteiger partial charge >= 0.3 is 5.97 Å². The molecule has 0 aromatic heterocycles. The first-order chi connectivity index (χ1) is 21.6. The van der Waals surface area contributed by atoms with E-state index in [1.54, 1.807) is 6.92 Å². The SMILES string of the molecule is CCOC(=O)C1C/C=C/C[C@H](C)[C@H](O[Si](C)(C)C(C)(C)C)/C=C\C=C\C[C@@H](O[Si](C)(C)C(C)(C)C)C[C@H](O[Si](C)(C)C(C)(C)C)CC1=O. The van der Waals surface area contributed by atoms with E-state index in [1.807, 2.05) is 6.08 Å². The molecule has 0 radical (unpaired) electrons. The van der Waals surface area contributed by atoms with Crippen LogP contribution >= 0.6 is 0 Å². The molecule has 0 saturated heterocycles. The number of ketones is 1. The van der Waals surface area contributed by atoms with Gasteiger partial charge in [0.1, 0.15) is 11.7 Å². The molecule has 5 atom stereocenters. The van der Waals surface area contributed by atoms with Crippen molar-refractivity contribution >= 4 is 36.7 Å². The van der Waals surface area contributed by atoms with Gasteiger partial charge in [-0.3, -0.25) is 9.59 Å². The van der Waals surface area contributed by atoms with Crippen LogP contribution in [-0.4, -0.2) is 61.6 Å².